The molecule has 11 aromatic rings. The molecule has 0 saturated heterocycles. The van der Waals surface area contributed by atoms with Crippen molar-refractivity contribution >= 4 is 60.4 Å². The van der Waals surface area contributed by atoms with Gasteiger partial charge in [-0.05, 0) is 145 Å². The molecule has 10 aromatic carbocycles. The van der Waals surface area contributed by atoms with E-state index in [9.17, 15) is 0 Å². The van der Waals surface area contributed by atoms with Gasteiger partial charge in [-0.25, -0.2) is 0 Å². The normalized spacial score (nSPS) is 13.3. The van der Waals surface area contributed by atoms with E-state index < -0.39 is 0 Å². The van der Waals surface area contributed by atoms with Gasteiger partial charge in [0, 0.05) is 39.4 Å². The predicted molar refractivity (Wildman–Crippen MR) is 263 cm³/mol. The van der Waals surface area contributed by atoms with E-state index in [4.69, 9.17) is 0 Å². The first kappa shape index (κ1) is 36.2. The Morgan fingerprint density at radius 3 is 1.73 bits per heavy atom. The van der Waals surface area contributed by atoms with E-state index in [0.717, 1.165) is 17.1 Å². The van der Waals surface area contributed by atoms with Gasteiger partial charge in [-0.1, -0.05) is 159 Å². The van der Waals surface area contributed by atoms with Crippen LogP contribution in [-0.2, 0) is 0 Å². The van der Waals surface area contributed by atoms with Crippen LogP contribution in [0.25, 0.3) is 82.4 Å². The third-order valence-electron chi connectivity index (χ3n) is 13.2. The second kappa shape index (κ2) is 14.5. The number of aromatic nitrogens is 1. The molecule has 1 aliphatic rings. The van der Waals surface area contributed by atoms with Crippen molar-refractivity contribution in [3.63, 3.8) is 0 Å². The summed E-state index contributed by atoms with van der Waals surface area (Å²) in [5, 5.41) is 7.63. The van der Waals surface area contributed by atoms with Crippen LogP contribution in [0.4, 0.5) is 17.1 Å². The molecule has 0 unspecified atom stereocenters. The summed E-state index contributed by atoms with van der Waals surface area (Å²) in [5.41, 5.74) is 17.5. The summed E-state index contributed by atoms with van der Waals surface area (Å²) in [6, 6.07) is 80.5. The highest BCUT2D eigenvalue weighted by Gasteiger charge is 2.32. The summed E-state index contributed by atoms with van der Waals surface area (Å²) in [5.74, 6) is 0.914. The van der Waals surface area contributed by atoms with E-state index in [1.165, 1.54) is 93.5 Å². The number of fused-ring (bicyclic) bond motifs is 9. The zero-order valence-electron chi connectivity index (χ0n) is 34.8. The fourth-order valence-electron chi connectivity index (χ4n) is 10.3. The number of anilines is 3. The molecule has 1 aliphatic carbocycles. The number of benzene rings is 10. The molecule has 0 aliphatic heterocycles. The molecule has 0 radical (unpaired) electrons. The van der Waals surface area contributed by atoms with Gasteiger partial charge in [-0.3, -0.25) is 0 Å². The van der Waals surface area contributed by atoms with Gasteiger partial charge in [0.2, 0.25) is 0 Å². The van der Waals surface area contributed by atoms with E-state index in [0.29, 0.717) is 11.8 Å². The standard InChI is InChI=1S/C60H44N2/c1-39(2)59-51-19-11-12-20-52(51)60-53(59)33-28-46-37-58-56(38-54(46)60)55-36-45(29-34-57(55)62(58)48-17-7-4-8-18-48)43-23-21-41(22-24-43)42-25-30-49(31-26-42)61(47-15-5-3-6-16-47)50-32-27-40-13-9-10-14-44(40)35-50/h3-39,59H,1-2H3/t59-/m1/s1. The molecule has 62 heavy (non-hydrogen) atoms. The number of rotatable bonds is 7. The molecular weight excluding hydrogens is 749 g/mol. The lowest BCUT2D eigenvalue weighted by Gasteiger charge is -2.26. The van der Waals surface area contributed by atoms with Crippen molar-refractivity contribution in [2.75, 3.05) is 4.90 Å². The van der Waals surface area contributed by atoms with Crippen LogP contribution in [0.15, 0.2) is 218 Å². The van der Waals surface area contributed by atoms with Gasteiger partial charge in [-0.15, -0.1) is 0 Å². The molecule has 1 heterocycles. The lowest BCUT2D eigenvalue weighted by atomic mass is 9.86. The highest BCUT2D eigenvalue weighted by molar-refractivity contribution is 6.17. The van der Waals surface area contributed by atoms with Gasteiger partial charge < -0.3 is 9.47 Å². The van der Waals surface area contributed by atoms with Crippen molar-refractivity contribution in [1.82, 2.24) is 4.57 Å². The molecular formula is C60H44N2. The average molecular weight is 793 g/mol. The number of nitrogens with zero attached hydrogens (tertiary/aromatic N) is 2. The summed E-state index contributed by atoms with van der Waals surface area (Å²) >= 11 is 0. The lowest BCUT2D eigenvalue weighted by molar-refractivity contribution is 0.573. The average Bonchev–Trinajstić information content (AvgIpc) is 3.84. The molecule has 0 spiro atoms. The summed E-state index contributed by atoms with van der Waals surface area (Å²) in [6.07, 6.45) is 0. The van der Waals surface area contributed by atoms with E-state index in [1.807, 2.05) is 0 Å². The summed E-state index contributed by atoms with van der Waals surface area (Å²) in [6.45, 7) is 4.71. The molecule has 0 amide bonds. The van der Waals surface area contributed by atoms with Crippen molar-refractivity contribution in [2.24, 2.45) is 5.92 Å². The first-order valence-corrected chi connectivity index (χ1v) is 21.8. The molecule has 0 N–H and O–H groups in total. The Labute approximate surface area is 362 Å². The monoisotopic (exact) mass is 792 g/mol. The van der Waals surface area contributed by atoms with Crippen molar-refractivity contribution in [3.05, 3.63) is 230 Å². The second-order valence-corrected chi connectivity index (χ2v) is 17.2. The Morgan fingerprint density at radius 1 is 0.387 bits per heavy atom. The summed E-state index contributed by atoms with van der Waals surface area (Å²) in [7, 11) is 0. The van der Waals surface area contributed by atoms with Crippen molar-refractivity contribution < 1.29 is 0 Å². The third-order valence-corrected chi connectivity index (χ3v) is 13.2. The smallest absolute Gasteiger partial charge is 0.0547 e. The maximum atomic E-state index is 2.49. The summed E-state index contributed by atoms with van der Waals surface area (Å²) < 4.78 is 2.44. The van der Waals surface area contributed by atoms with Crippen LogP contribution in [0.1, 0.15) is 30.9 Å². The van der Waals surface area contributed by atoms with E-state index in [-0.39, 0.29) is 0 Å². The van der Waals surface area contributed by atoms with Gasteiger partial charge in [-0.2, -0.15) is 0 Å². The van der Waals surface area contributed by atoms with Crippen LogP contribution in [0.3, 0.4) is 0 Å². The molecule has 1 aromatic heterocycles. The fourth-order valence-corrected chi connectivity index (χ4v) is 10.3. The minimum Gasteiger partial charge on any atom is -0.310 e. The topological polar surface area (TPSA) is 8.17 Å². The second-order valence-electron chi connectivity index (χ2n) is 17.2. The highest BCUT2D eigenvalue weighted by atomic mass is 15.1. The maximum Gasteiger partial charge on any atom is 0.0547 e. The molecule has 0 saturated carbocycles. The SMILES string of the molecule is CC(C)[C@@H]1c2ccccc2-c2c1ccc1cc3c(cc21)c1cc(-c2ccc(-c4ccc(N(c5ccccc5)c5ccc6ccccc6c5)cc4)cc2)ccc1n3-c1ccccc1. The zero-order chi connectivity index (χ0) is 41.3. The predicted octanol–water partition coefficient (Wildman–Crippen LogP) is 16.7. The van der Waals surface area contributed by atoms with Crippen LogP contribution in [0, 0.1) is 5.92 Å². The van der Waals surface area contributed by atoms with Gasteiger partial charge in [0.05, 0.1) is 11.0 Å². The zero-order valence-corrected chi connectivity index (χ0v) is 34.8. The molecule has 0 bridgehead atoms. The molecule has 294 valence electrons. The van der Waals surface area contributed by atoms with Crippen LogP contribution in [0.5, 0.6) is 0 Å². The molecule has 2 nitrogen and oxygen atoms in total. The number of hydrogen-bond donors (Lipinski definition) is 0. The Morgan fingerprint density at radius 2 is 0.968 bits per heavy atom. The minimum absolute atomic E-state index is 0.402. The van der Waals surface area contributed by atoms with Crippen LogP contribution >= 0.6 is 0 Å². The van der Waals surface area contributed by atoms with Crippen LogP contribution in [-0.4, -0.2) is 4.57 Å². The van der Waals surface area contributed by atoms with Crippen LogP contribution in [0.2, 0.25) is 0 Å². The van der Waals surface area contributed by atoms with E-state index in [2.05, 4.69) is 242 Å². The number of hydrogen-bond acceptors (Lipinski definition) is 1. The first-order valence-electron chi connectivity index (χ1n) is 21.8. The Hall–Kier alpha value is -7.68. The number of para-hydroxylation sites is 2. The van der Waals surface area contributed by atoms with Crippen molar-refractivity contribution in [2.45, 2.75) is 19.8 Å². The first-order chi connectivity index (χ1) is 30.6. The Bertz CT molecular complexity index is 3470. The van der Waals surface area contributed by atoms with Crippen LogP contribution < -0.4 is 4.90 Å². The molecule has 12 rings (SSSR count). The minimum atomic E-state index is 0.402. The Kier molecular flexibility index (Phi) is 8.47. The van der Waals surface area contributed by atoms with Gasteiger partial charge in [0.25, 0.3) is 0 Å². The largest absolute Gasteiger partial charge is 0.310 e. The molecule has 1 atom stereocenters. The van der Waals surface area contributed by atoms with Gasteiger partial charge >= 0.3 is 0 Å². The fraction of sp³-hybridized carbons (Fsp3) is 0.0667. The highest BCUT2D eigenvalue weighted by Crippen LogP contribution is 2.52. The van der Waals surface area contributed by atoms with Crippen molar-refractivity contribution in [1.29, 1.82) is 0 Å². The van der Waals surface area contributed by atoms with Crippen molar-refractivity contribution in [3.8, 4) is 39.1 Å². The van der Waals surface area contributed by atoms with Gasteiger partial charge in [0.15, 0.2) is 0 Å². The maximum absolute atomic E-state index is 2.49. The quantitative estimate of drug-likeness (QED) is 0.156. The van der Waals surface area contributed by atoms with E-state index in [1.54, 1.807) is 0 Å². The molecule has 2 heteroatoms. The molecule has 0 fully saturated rings. The Balaban J connectivity index is 0.933. The third kappa shape index (κ3) is 5.86. The lowest BCUT2D eigenvalue weighted by Crippen LogP contribution is -2.09. The summed E-state index contributed by atoms with van der Waals surface area (Å²) in [4.78, 5) is 2.33. The van der Waals surface area contributed by atoms with E-state index >= 15 is 0 Å². The van der Waals surface area contributed by atoms with Gasteiger partial charge in [0.1, 0.15) is 0 Å².